The van der Waals surface area contributed by atoms with E-state index in [1.54, 1.807) is 6.33 Å². The summed E-state index contributed by atoms with van der Waals surface area (Å²) in [7, 11) is 0. The maximum atomic E-state index is 10.6. The summed E-state index contributed by atoms with van der Waals surface area (Å²) in [5.74, 6) is -0.282. The number of nitrogens with zero attached hydrogens (tertiary/aromatic N) is 3. The molecule has 4 heterocycles. The van der Waals surface area contributed by atoms with Crippen molar-refractivity contribution in [2.45, 2.75) is 44.8 Å². The second-order valence-corrected chi connectivity index (χ2v) is 7.34. The standard InChI is InChI=1S/C18H23N3O2.C2HF3O2/c1-13-2-3-15(23-13)10-21-7-4-16-17(5-8-21)19-12-20-18(16)14-6-9-22-11-14;3-2(4,5)1(6)7/h2-3,12,14H,4-11H2,1H3;(H,6,7). The van der Waals surface area contributed by atoms with Crippen LogP contribution in [-0.4, -0.2) is 58.4 Å². The summed E-state index contributed by atoms with van der Waals surface area (Å²) in [6, 6.07) is 4.11. The van der Waals surface area contributed by atoms with Crippen LogP contribution >= 0.6 is 0 Å². The summed E-state index contributed by atoms with van der Waals surface area (Å²) < 4.78 is 43.0. The summed E-state index contributed by atoms with van der Waals surface area (Å²) >= 11 is 0. The minimum absolute atomic E-state index is 0.450. The van der Waals surface area contributed by atoms with E-state index in [0.29, 0.717) is 5.92 Å². The zero-order valence-corrected chi connectivity index (χ0v) is 16.6. The largest absolute Gasteiger partial charge is 0.490 e. The van der Waals surface area contributed by atoms with Gasteiger partial charge >= 0.3 is 12.1 Å². The van der Waals surface area contributed by atoms with Gasteiger partial charge in [-0.3, -0.25) is 4.90 Å². The van der Waals surface area contributed by atoms with Gasteiger partial charge in [-0.05, 0) is 37.5 Å². The third-order valence-electron chi connectivity index (χ3n) is 5.15. The Morgan fingerprint density at radius 2 is 2.00 bits per heavy atom. The maximum absolute atomic E-state index is 10.6. The second-order valence-electron chi connectivity index (χ2n) is 7.34. The molecule has 0 spiro atoms. The molecule has 2 aromatic heterocycles. The molecule has 1 unspecified atom stereocenters. The van der Waals surface area contributed by atoms with Crippen LogP contribution in [0.15, 0.2) is 22.9 Å². The second kappa shape index (κ2) is 9.57. The van der Waals surface area contributed by atoms with E-state index in [1.807, 2.05) is 13.0 Å². The Balaban J connectivity index is 0.000000318. The molecule has 1 fully saturated rings. The lowest BCUT2D eigenvalue weighted by atomic mass is 9.96. The molecule has 1 N–H and O–H groups in total. The smallest absolute Gasteiger partial charge is 0.475 e. The van der Waals surface area contributed by atoms with Gasteiger partial charge in [0.1, 0.15) is 17.8 Å². The summed E-state index contributed by atoms with van der Waals surface area (Å²) in [6.45, 7) is 6.57. The zero-order valence-electron chi connectivity index (χ0n) is 16.6. The number of hydrogen-bond donors (Lipinski definition) is 1. The fourth-order valence-corrected chi connectivity index (χ4v) is 3.65. The maximum Gasteiger partial charge on any atom is 0.490 e. The van der Waals surface area contributed by atoms with Crippen molar-refractivity contribution in [2.75, 3.05) is 26.3 Å². The van der Waals surface area contributed by atoms with E-state index in [-0.39, 0.29) is 0 Å². The predicted octanol–water partition coefficient (Wildman–Crippen LogP) is 3.12. The van der Waals surface area contributed by atoms with E-state index in [4.69, 9.17) is 19.1 Å². The molecule has 1 atom stereocenters. The molecule has 1 saturated heterocycles. The summed E-state index contributed by atoms with van der Waals surface area (Å²) in [5, 5.41) is 7.12. The van der Waals surface area contributed by atoms with Crippen LogP contribution in [0.25, 0.3) is 0 Å². The van der Waals surface area contributed by atoms with E-state index in [0.717, 1.165) is 63.6 Å². The van der Waals surface area contributed by atoms with Crippen LogP contribution in [0.3, 0.4) is 0 Å². The lowest BCUT2D eigenvalue weighted by Crippen LogP contribution is -2.25. The van der Waals surface area contributed by atoms with Gasteiger partial charge in [0.2, 0.25) is 0 Å². The average Bonchev–Trinajstić information content (AvgIpc) is 3.31. The highest BCUT2D eigenvalue weighted by atomic mass is 19.4. The number of rotatable bonds is 3. The SMILES string of the molecule is Cc1ccc(CN2CCc3ncnc(C4CCOC4)c3CC2)o1.O=C(O)C(F)(F)F. The van der Waals surface area contributed by atoms with Crippen molar-refractivity contribution in [1.82, 2.24) is 14.9 Å². The van der Waals surface area contributed by atoms with Gasteiger partial charge < -0.3 is 14.3 Å². The number of aromatic nitrogens is 2. The Bertz CT molecular complexity index is 863. The Morgan fingerprint density at radius 3 is 2.60 bits per heavy atom. The molecule has 10 heteroatoms. The molecule has 164 valence electrons. The predicted molar refractivity (Wildman–Crippen MR) is 100 cm³/mol. The molecule has 2 aliphatic heterocycles. The third-order valence-corrected chi connectivity index (χ3v) is 5.15. The fourth-order valence-electron chi connectivity index (χ4n) is 3.65. The minimum atomic E-state index is -5.08. The topological polar surface area (TPSA) is 88.7 Å². The van der Waals surface area contributed by atoms with Crippen LogP contribution in [0.1, 0.15) is 40.8 Å². The van der Waals surface area contributed by atoms with E-state index >= 15 is 0 Å². The molecule has 0 aromatic carbocycles. The quantitative estimate of drug-likeness (QED) is 0.805. The van der Waals surface area contributed by atoms with Crippen molar-refractivity contribution < 1.29 is 32.2 Å². The molecule has 0 saturated carbocycles. The number of aryl methyl sites for hydroxylation is 1. The number of carboxylic acids is 1. The number of carboxylic acid groups (broad SMARTS) is 1. The number of furan rings is 1. The highest BCUT2D eigenvalue weighted by Gasteiger charge is 2.38. The lowest BCUT2D eigenvalue weighted by molar-refractivity contribution is -0.192. The van der Waals surface area contributed by atoms with E-state index < -0.39 is 12.1 Å². The number of alkyl halides is 3. The normalized spacial score (nSPS) is 19.5. The van der Waals surface area contributed by atoms with Crippen molar-refractivity contribution in [3.8, 4) is 0 Å². The molecule has 0 radical (unpaired) electrons. The van der Waals surface area contributed by atoms with Crippen LogP contribution in [0.4, 0.5) is 13.2 Å². The molecule has 0 bridgehead atoms. The van der Waals surface area contributed by atoms with Crippen molar-refractivity contribution in [3.05, 3.63) is 46.9 Å². The first-order chi connectivity index (χ1) is 14.2. The first-order valence-corrected chi connectivity index (χ1v) is 9.72. The van der Waals surface area contributed by atoms with E-state index in [2.05, 4.69) is 20.9 Å². The first kappa shape index (κ1) is 22.2. The third kappa shape index (κ3) is 5.79. The number of hydrogen-bond acceptors (Lipinski definition) is 6. The van der Waals surface area contributed by atoms with Crippen molar-refractivity contribution in [2.24, 2.45) is 0 Å². The lowest BCUT2D eigenvalue weighted by Gasteiger charge is -2.18. The number of halogens is 3. The zero-order chi connectivity index (χ0) is 21.7. The number of carbonyl (C=O) groups is 1. The molecule has 7 nitrogen and oxygen atoms in total. The molecule has 2 aliphatic rings. The Kier molecular flexibility index (Phi) is 7.09. The molecule has 0 amide bonds. The summed E-state index contributed by atoms with van der Waals surface area (Å²) in [5.41, 5.74) is 3.81. The van der Waals surface area contributed by atoms with Crippen LogP contribution in [-0.2, 0) is 28.9 Å². The molecular weight excluding hydrogens is 403 g/mol. The van der Waals surface area contributed by atoms with Crippen molar-refractivity contribution in [1.29, 1.82) is 0 Å². The highest BCUT2D eigenvalue weighted by Crippen LogP contribution is 2.29. The Hall–Kier alpha value is -2.46. The molecular formula is C20H24F3N3O4. The monoisotopic (exact) mass is 427 g/mol. The Labute approximate surface area is 171 Å². The Morgan fingerprint density at radius 1 is 1.27 bits per heavy atom. The van der Waals surface area contributed by atoms with Crippen molar-refractivity contribution in [3.63, 3.8) is 0 Å². The minimum Gasteiger partial charge on any atom is -0.475 e. The van der Waals surface area contributed by atoms with Crippen LogP contribution in [0.2, 0.25) is 0 Å². The van der Waals surface area contributed by atoms with Crippen LogP contribution in [0.5, 0.6) is 0 Å². The van der Waals surface area contributed by atoms with Crippen LogP contribution in [0, 0.1) is 6.92 Å². The first-order valence-electron chi connectivity index (χ1n) is 9.72. The van der Waals surface area contributed by atoms with Gasteiger partial charge in [0.25, 0.3) is 0 Å². The molecule has 4 rings (SSSR count). The van der Waals surface area contributed by atoms with Crippen LogP contribution < -0.4 is 0 Å². The van der Waals surface area contributed by atoms with Gasteiger partial charge in [0.15, 0.2) is 0 Å². The molecule has 30 heavy (non-hydrogen) atoms. The van der Waals surface area contributed by atoms with E-state index in [9.17, 15) is 13.2 Å². The fraction of sp³-hybridized carbons (Fsp3) is 0.550. The number of aliphatic carboxylic acids is 1. The van der Waals surface area contributed by atoms with Gasteiger partial charge in [-0.25, -0.2) is 14.8 Å². The van der Waals surface area contributed by atoms with Gasteiger partial charge in [-0.1, -0.05) is 0 Å². The van der Waals surface area contributed by atoms with Gasteiger partial charge in [-0.15, -0.1) is 0 Å². The van der Waals surface area contributed by atoms with E-state index in [1.165, 1.54) is 17.0 Å². The highest BCUT2D eigenvalue weighted by molar-refractivity contribution is 5.73. The van der Waals surface area contributed by atoms with Gasteiger partial charge in [0, 0.05) is 37.7 Å². The molecule has 2 aromatic rings. The summed E-state index contributed by atoms with van der Waals surface area (Å²) in [6.07, 6.45) is -0.267. The number of ether oxygens (including phenoxy) is 1. The number of fused-ring (bicyclic) bond motifs is 1. The van der Waals surface area contributed by atoms with Crippen molar-refractivity contribution >= 4 is 5.97 Å². The van der Waals surface area contributed by atoms with Gasteiger partial charge in [0.05, 0.1) is 18.8 Å². The average molecular weight is 427 g/mol. The van der Waals surface area contributed by atoms with Gasteiger partial charge in [-0.2, -0.15) is 13.2 Å². The molecule has 0 aliphatic carbocycles. The summed E-state index contributed by atoms with van der Waals surface area (Å²) in [4.78, 5) is 20.5.